The summed E-state index contributed by atoms with van der Waals surface area (Å²) < 4.78 is 53.5. The molecule has 2 aliphatic rings. The maximum absolute atomic E-state index is 13.5. The molecule has 2 heterocycles. The summed E-state index contributed by atoms with van der Waals surface area (Å²) in [5.74, 6) is 0.826. The van der Waals surface area contributed by atoms with Gasteiger partial charge in [-0.25, -0.2) is 0 Å². The molecular formula is C37H39F3N2O2. The van der Waals surface area contributed by atoms with Gasteiger partial charge in [0.2, 0.25) is 0 Å². The maximum Gasteiger partial charge on any atom is 0.416 e. The van der Waals surface area contributed by atoms with Gasteiger partial charge < -0.3 is 19.7 Å². The second-order valence-corrected chi connectivity index (χ2v) is 11.8. The van der Waals surface area contributed by atoms with Gasteiger partial charge in [0.15, 0.2) is 5.72 Å². The van der Waals surface area contributed by atoms with Gasteiger partial charge in [0.25, 0.3) is 0 Å². The zero-order valence-corrected chi connectivity index (χ0v) is 24.9. The van der Waals surface area contributed by atoms with E-state index in [1.165, 1.54) is 24.8 Å². The lowest BCUT2D eigenvalue weighted by atomic mass is 9.84. The number of halogens is 3. The van der Waals surface area contributed by atoms with Crippen molar-refractivity contribution in [3.63, 3.8) is 0 Å². The van der Waals surface area contributed by atoms with Crippen LogP contribution in [0.15, 0.2) is 103 Å². The number of alkyl halides is 3. The molecule has 0 aliphatic carbocycles. The molecule has 4 aromatic carbocycles. The van der Waals surface area contributed by atoms with Gasteiger partial charge in [0.05, 0.1) is 18.8 Å². The fourth-order valence-electron chi connectivity index (χ4n) is 6.49. The Bertz CT molecular complexity index is 1490. The Morgan fingerprint density at radius 2 is 1.57 bits per heavy atom. The predicted octanol–water partition coefficient (Wildman–Crippen LogP) is 8.29. The van der Waals surface area contributed by atoms with E-state index in [4.69, 9.17) is 9.47 Å². The number of rotatable bonds is 10. The number of benzene rings is 4. The monoisotopic (exact) mass is 600 g/mol. The van der Waals surface area contributed by atoms with Crippen LogP contribution in [0.2, 0.25) is 0 Å². The molecule has 0 saturated carbocycles. The van der Waals surface area contributed by atoms with Crippen LogP contribution in [0, 0.1) is 0 Å². The minimum atomic E-state index is -4.40. The van der Waals surface area contributed by atoms with Crippen molar-refractivity contribution in [2.75, 3.05) is 24.6 Å². The number of anilines is 1. The van der Waals surface area contributed by atoms with Crippen molar-refractivity contribution in [3.8, 4) is 5.75 Å². The fourth-order valence-corrected chi connectivity index (χ4v) is 6.49. The third-order valence-electron chi connectivity index (χ3n) is 8.82. The van der Waals surface area contributed by atoms with E-state index in [1.54, 1.807) is 12.1 Å². The molecule has 4 nitrogen and oxygen atoms in total. The van der Waals surface area contributed by atoms with Gasteiger partial charge in [-0.05, 0) is 85.3 Å². The van der Waals surface area contributed by atoms with Gasteiger partial charge in [-0.3, -0.25) is 0 Å². The number of nitrogens with one attached hydrogen (secondary N) is 1. The van der Waals surface area contributed by atoms with Crippen molar-refractivity contribution in [2.24, 2.45) is 0 Å². The lowest BCUT2D eigenvalue weighted by Gasteiger charge is -2.49. The third-order valence-corrected chi connectivity index (χ3v) is 8.82. The Kier molecular flexibility index (Phi) is 9.24. The van der Waals surface area contributed by atoms with E-state index in [-0.39, 0.29) is 0 Å². The van der Waals surface area contributed by atoms with Gasteiger partial charge in [-0.2, -0.15) is 13.2 Å². The molecule has 0 aromatic heterocycles. The number of fused-ring (bicyclic) bond motifs is 1. The molecule has 4 aromatic rings. The molecule has 0 bridgehead atoms. The second kappa shape index (κ2) is 13.4. The number of hydrogen-bond acceptors (Lipinski definition) is 4. The van der Waals surface area contributed by atoms with Crippen LogP contribution in [0.5, 0.6) is 5.75 Å². The van der Waals surface area contributed by atoms with Crippen LogP contribution >= 0.6 is 0 Å². The summed E-state index contributed by atoms with van der Waals surface area (Å²) in [6, 6.07) is 32.4. The zero-order chi connectivity index (χ0) is 30.4. The summed E-state index contributed by atoms with van der Waals surface area (Å²) in [7, 11) is 0. The number of nitrogens with zero attached hydrogens (tertiary/aromatic N) is 1. The quantitative estimate of drug-likeness (QED) is 0.199. The molecule has 1 N–H and O–H groups in total. The smallest absolute Gasteiger partial charge is 0.416 e. The minimum Gasteiger partial charge on any atom is -0.494 e. The van der Waals surface area contributed by atoms with E-state index in [0.717, 1.165) is 54.0 Å². The summed E-state index contributed by atoms with van der Waals surface area (Å²) >= 11 is 0. The van der Waals surface area contributed by atoms with Crippen molar-refractivity contribution in [2.45, 2.75) is 63.1 Å². The molecular weight excluding hydrogens is 561 g/mol. The van der Waals surface area contributed by atoms with Gasteiger partial charge in [-0.1, -0.05) is 73.2 Å². The number of ether oxygens (including phenoxy) is 2. The van der Waals surface area contributed by atoms with Crippen molar-refractivity contribution >= 4 is 5.69 Å². The van der Waals surface area contributed by atoms with E-state index < -0.39 is 17.5 Å². The van der Waals surface area contributed by atoms with Crippen molar-refractivity contribution < 1.29 is 22.6 Å². The Morgan fingerprint density at radius 1 is 0.818 bits per heavy atom. The first-order valence-electron chi connectivity index (χ1n) is 15.6. The highest BCUT2D eigenvalue weighted by Gasteiger charge is 2.44. The summed E-state index contributed by atoms with van der Waals surface area (Å²) in [6.07, 6.45) is 1.57. The third kappa shape index (κ3) is 6.95. The summed E-state index contributed by atoms with van der Waals surface area (Å²) in [5, 5.41) is 3.57. The molecule has 44 heavy (non-hydrogen) atoms. The van der Waals surface area contributed by atoms with Gasteiger partial charge in [0.1, 0.15) is 5.75 Å². The van der Waals surface area contributed by atoms with E-state index in [0.29, 0.717) is 37.9 Å². The normalized spacial score (nSPS) is 20.2. The van der Waals surface area contributed by atoms with Crippen molar-refractivity contribution in [3.05, 3.63) is 131 Å². The largest absolute Gasteiger partial charge is 0.494 e. The first kappa shape index (κ1) is 30.2. The average molecular weight is 601 g/mol. The van der Waals surface area contributed by atoms with Gasteiger partial charge in [-0.15, -0.1) is 0 Å². The van der Waals surface area contributed by atoms with Gasteiger partial charge in [0, 0.05) is 30.3 Å². The first-order chi connectivity index (χ1) is 21.4. The van der Waals surface area contributed by atoms with E-state index in [2.05, 4.69) is 34.5 Å². The molecule has 1 saturated heterocycles. The predicted molar refractivity (Wildman–Crippen MR) is 168 cm³/mol. The Morgan fingerprint density at radius 3 is 2.30 bits per heavy atom. The number of hydrogen-bond donors (Lipinski definition) is 1. The SMILES string of the molecule is FC(F)(F)c1ccc(N2CCc3ccccc3C2(Cc2ccc(OCCC3CCCCN3)cc2)OCc2ccccc2)cc1. The van der Waals surface area contributed by atoms with Crippen molar-refractivity contribution in [1.82, 2.24) is 5.32 Å². The molecule has 6 rings (SSSR count). The topological polar surface area (TPSA) is 33.7 Å². The van der Waals surface area contributed by atoms with Crippen LogP contribution in [-0.4, -0.2) is 25.7 Å². The van der Waals surface area contributed by atoms with Crippen molar-refractivity contribution in [1.29, 1.82) is 0 Å². The van der Waals surface area contributed by atoms with Crippen LogP contribution in [0.4, 0.5) is 18.9 Å². The van der Waals surface area contributed by atoms with E-state index in [1.807, 2.05) is 54.6 Å². The standard InChI is InChI=1S/C37H39F3N2O2/c38-37(39,40)31-15-17-33(18-16-31)42-24-21-30-10-4-5-12-35(30)36(42,44-27-29-8-2-1-3-9-29)26-28-13-19-34(20-14-28)43-25-22-32-11-6-7-23-41-32/h1-5,8-10,12-20,32,41H,6-7,11,21-27H2. The Labute approximate surface area is 257 Å². The number of piperidine rings is 1. The highest BCUT2D eigenvalue weighted by molar-refractivity contribution is 5.56. The molecule has 7 heteroatoms. The average Bonchev–Trinajstić information content (AvgIpc) is 3.05. The van der Waals surface area contributed by atoms with Crippen LogP contribution in [0.25, 0.3) is 0 Å². The lowest BCUT2D eigenvalue weighted by Crippen LogP contribution is -2.54. The lowest BCUT2D eigenvalue weighted by molar-refractivity contribution is -0.137. The second-order valence-electron chi connectivity index (χ2n) is 11.8. The summed E-state index contributed by atoms with van der Waals surface area (Å²) in [5.41, 5.74) is 3.37. The van der Waals surface area contributed by atoms with Gasteiger partial charge >= 0.3 is 6.18 Å². The maximum atomic E-state index is 13.5. The molecule has 0 amide bonds. The zero-order valence-electron chi connectivity index (χ0n) is 24.9. The summed E-state index contributed by atoms with van der Waals surface area (Å²) in [6.45, 7) is 2.70. The Hall–Kier alpha value is -3.81. The molecule has 2 aliphatic heterocycles. The van der Waals surface area contributed by atoms with Crippen LogP contribution in [-0.2, 0) is 36.1 Å². The molecule has 1 fully saturated rings. The molecule has 0 radical (unpaired) electrons. The fraction of sp³-hybridized carbons (Fsp3) is 0.351. The minimum absolute atomic E-state index is 0.350. The van der Waals surface area contributed by atoms with Crippen LogP contribution < -0.4 is 15.0 Å². The molecule has 2 atom stereocenters. The van der Waals surface area contributed by atoms with Crippen LogP contribution in [0.3, 0.4) is 0 Å². The van der Waals surface area contributed by atoms with E-state index >= 15 is 0 Å². The van der Waals surface area contributed by atoms with E-state index in [9.17, 15) is 13.2 Å². The molecule has 230 valence electrons. The molecule has 0 spiro atoms. The first-order valence-corrected chi connectivity index (χ1v) is 15.6. The highest BCUT2D eigenvalue weighted by atomic mass is 19.4. The van der Waals surface area contributed by atoms with Crippen LogP contribution in [0.1, 0.15) is 53.5 Å². The molecule has 2 unspecified atom stereocenters. The Balaban J connectivity index is 1.31. The summed E-state index contributed by atoms with van der Waals surface area (Å²) in [4.78, 5) is 2.14. The highest BCUT2D eigenvalue weighted by Crippen LogP contribution is 2.44.